The molecule has 0 unspecified atom stereocenters. The van der Waals surface area contributed by atoms with Crippen LogP contribution in [0.1, 0.15) is 27.2 Å². The molecule has 0 heterocycles. The highest BCUT2D eigenvalue weighted by Crippen LogP contribution is 2.24. The van der Waals surface area contributed by atoms with E-state index in [4.69, 9.17) is 6.17 Å². The van der Waals surface area contributed by atoms with Gasteiger partial charge in [-0.1, -0.05) is 26.0 Å². The number of benzene rings is 1. The molecule has 23 heavy (non-hydrogen) atoms. The lowest BCUT2D eigenvalue weighted by Gasteiger charge is -2.08. The summed E-state index contributed by atoms with van der Waals surface area (Å²) in [5.41, 5.74) is 0. The first-order chi connectivity index (χ1) is 11.6. The maximum Gasteiger partial charge on any atom is 0.415 e. The molecule has 0 spiro atoms. The molecule has 0 saturated carbocycles. The molecule has 0 aliphatic rings. The van der Waals surface area contributed by atoms with Gasteiger partial charge >= 0.3 is 12.1 Å². The fourth-order valence-corrected chi connectivity index (χ4v) is 1.29. The van der Waals surface area contributed by atoms with E-state index in [0.29, 0.717) is 6.54 Å². The number of phenolic OH excluding ortho intramolecular Hbond substituents is 1. The van der Waals surface area contributed by atoms with Gasteiger partial charge in [0.05, 0.1) is 0 Å². The van der Waals surface area contributed by atoms with E-state index in [9.17, 15) is 14.4 Å². The Kier molecular flexibility index (Phi) is 9.41. The van der Waals surface area contributed by atoms with Crippen molar-refractivity contribution in [2.24, 2.45) is 0 Å². The van der Waals surface area contributed by atoms with Crippen LogP contribution in [0.3, 0.4) is 0 Å². The fourth-order valence-electron chi connectivity index (χ4n) is 1.29. The average molecular weight is 328 g/mol. The zero-order valence-corrected chi connectivity index (χ0v) is 13.4. The van der Waals surface area contributed by atoms with Gasteiger partial charge in [0.25, 0.3) is 1.43 Å². The number of carbonyl (C=O) groups is 3. The molecule has 0 saturated heterocycles. The second-order valence-electron chi connectivity index (χ2n) is 3.80. The Labute approximate surface area is 136 Å². The quantitative estimate of drug-likeness (QED) is 0.397. The first kappa shape index (κ1) is 18.3. The zero-order valence-electron chi connectivity index (χ0n) is 14.4. The minimum atomic E-state index is -0.893. The van der Waals surface area contributed by atoms with Gasteiger partial charge in [-0.05, 0) is 19.1 Å². The number of nitrogens with one attached hydrogen (secondary N) is 2. The van der Waals surface area contributed by atoms with E-state index in [2.05, 4.69) is 20.5 Å². The van der Waals surface area contributed by atoms with Crippen LogP contribution in [0.4, 0.5) is 4.79 Å². The van der Waals surface area contributed by atoms with Crippen molar-refractivity contribution < 1.29 is 29.0 Å². The van der Waals surface area contributed by atoms with E-state index in [1.54, 1.807) is 19.1 Å². The van der Waals surface area contributed by atoms with E-state index in [-0.39, 0.29) is 11.5 Å². The third kappa shape index (κ3) is 8.97. The first-order valence-corrected chi connectivity index (χ1v) is 7.17. The molecule has 0 radical (unpaired) electrons. The molecule has 1 aromatic rings. The van der Waals surface area contributed by atoms with Gasteiger partial charge in [-0.3, -0.25) is 14.9 Å². The van der Waals surface area contributed by atoms with Gasteiger partial charge in [0, 0.05) is 6.54 Å². The van der Waals surface area contributed by atoms with Gasteiger partial charge in [0.2, 0.25) is 5.91 Å². The Balaban J connectivity index is 0.00000254. The van der Waals surface area contributed by atoms with E-state index in [0.717, 1.165) is 0 Å². The number of aromatic hydroxyl groups is 1. The number of esters is 1. The summed E-state index contributed by atoms with van der Waals surface area (Å²) in [6.07, 6.45) is -1.32. The van der Waals surface area contributed by atoms with Crippen molar-refractivity contribution in [3.8, 4) is 11.5 Å². The SMILES string of the molecule is CC.[3H]Oc1ccccc1OC(=O)NCOC(=O)CC(=O)NCC. The topological polar surface area (TPSA) is 114 Å². The monoisotopic (exact) mass is 328 g/mol. The van der Waals surface area contributed by atoms with Gasteiger partial charge in [-0.2, -0.15) is 0 Å². The van der Waals surface area contributed by atoms with Crippen LogP contribution < -0.4 is 15.4 Å². The second kappa shape index (κ2) is 11.8. The smallest absolute Gasteiger partial charge is 0.415 e. The fraction of sp³-hybridized carbons (Fsp3) is 0.400. The van der Waals surface area contributed by atoms with Gasteiger partial charge in [0.15, 0.2) is 18.2 Å². The van der Waals surface area contributed by atoms with E-state index in [1.807, 2.05) is 13.8 Å². The summed E-state index contributed by atoms with van der Waals surface area (Å²) >= 11 is 0. The molecule has 0 bridgehead atoms. The molecule has 1 aromatic carbocycles. The van der Waals surface area contributed by atoms with Crippen LogP contribution >= 0.6 is 0 Å². The lowest BCUT2D eigenvalue weighted by molar-refractivity contribution is -0.146. The Bertz CT molecular complexity index is 538. The van der Waals surface area contributed by atoms with Crippen molar-refractivity contribution in [1.29, 1.82) is 1.43 Å². The van der Waals surface area contributed by atoms with Gasteiger partial charge in [0.1, 0.15) is 6.42 Å². The Morgan fingerprint density at radius 3 is 2.57 bits per heavy atom. The van der Waals surface area contributed by atoms with Crippen LogP contribution in [0.15, 0.2) is 24.3 Å². The lowest BCUT2D eigenvalue weighted by atomic mass is 10.3. The Morgan fingerprint density at radius 1 is 1.22 bits per heavy atom. The number of rotatable bonds is 7. The molecule has 128 valence electrons. The highest BCUT2D eigenvalue weighted by molar-refractivity contribution is 5.94. The number of phenols is 1. The van der Waals surface area contributed by atoms with Crippen LogP contribution in [0, 0.1) is 0 Å². The van der Waals surface area contributed by atoms with Gasteiger partial charge < -0.3 is 19.9 Å². The molecular weight excluding hydrogens is 304 g/mol. The van der Waals surface area contributed by atoms with E-state index >= 15 is 0 Å². The van der Waals surface area contributed by atoms with Crippen molar-refractivity contribution in [2.75, 3.05) is 13.3 Å². The summed E-state index contributed by atoms with van der Waals surface area (Å²) in [5, 5.41) is 8.87. The summed E-state index contributed by atoms with van der Waals surface area (Å²) in [6, 6.07) is 6.09. The molecule has 0 aliphatic carbocycles. The number of ether oxygens (including phenoxy) is 2. The van der Waals surface area contributed by atoms with Crippen LogP contribution in [0.25, 0.3) is 0 Å². The van der Waals surface area contributed by atoms with Gasteiger partial charge in [-0.15, -0.1) is 0 Å². The third-order valence-electron chi connectivity index (χ3n) is 2.18. The summed E-state index contributed by atoms with van der Waals surface area (Å²) in [4.78, 5) is 33.8. The van der Waals surface area contributed by atoms with Crippen LogP contribution in [0.5, 0.6) is 11.5 Å². The first-order valence-electron chi connectivity index (χ1n) is 7.57. The van der Waals surface area contributed by atoms with Gasteiger partial charge in [-0.25, -0.2) is 4.79 Å². The second-order valence-corrected chi connectivity index (χ2v) is 3.80. The normalized spacial score (nSPS) is 9.43. The van der Waals surface area contributed by atoms with Crippen molar-refractivity contribution in [3.63, 3.8) is 0 Å². The van der Waals surface area contributed by atoms with E-state index < -0.39 is 31.1 Å². The molecule has 0 atom stereocenters. The number of hydrogen-bond donors (Lipinski definition) is 3. The Hall–Kier alpha value is -2.77. The highest BCUT2D eigenvalue weighted by Gasteiger charge is 2.11. The molecule has 2 amide bonds. The van der Waals surface area contributed by atoms with Crippen molar-refractivity contribution in [1.82, 2.24) is 10.6 Å². The third-order valence-corrected chi connectivity index (χ3v) is 2.18. The standard InChI is InChI=1S/C13H16N2O6.C2H6/c1-2-14-11(17)7-12(18)20-8-15-13(19)21-10-6-4-3-5-9(10)16;1-2/h3-6,16H,2,7-8H2,1H3,(H,14,17)(H,15,19);1-2H3/i/hT. The summed E-state index contributed by atoms with van der Waals surface area (Å²) in [7, 11) is 0. The van der Waals surface area contributed by atoms with E-state index in [1.165, 1.54) is 12.1 Å². The molecule has 1 rings (SSSR count). The zero-order chi connectivity index (χ0) is 18.4. The number of carbonyl (C=O) groups excluding carboxylic acids is 3. The number of amides is 2. The molecule has 0 aliphatic heterocycles. The van der Waals surface area contributed by atoms with Crippen molar-refractivity contribution in [2.45, 2.75) is 27.2 Å². The molecule has 8 nitrogen and oxygen atoms in total. The molecule has 0 fully saturated rings. The van der Waals surface area contributed by atoms with Crippen LogP contribution in [0.2, 0.25) is 0 Å². The predicted molar refractivity (Wildman–Crippen MR) is 82.9 cm³/mol. The number of para-hydroxylation sites is 2. The largest absolute Gasteiger partial charge is 0.504 e. The molecule has 0 aromatic heterocycles. The highest BCUT2D eigenvalue weighted by atomic mass is 16.6. The Morgan fingerprint density at radius 2 is 1.91 bits per heavy atom. The predicted octanol–water partition coefficient (Wildman–Crippen LogP) is 1.53. The number of hydrogen-bond acceptors (Lipinski definition) is 6. The van der Waals surface area contributed by atoms with Crippen molar-refractivity contribution >= 4 is 18.0 Å². The minimum absolute atomic E-state index is 0.0450. The maximum atomic E-state index is 11.5. The van der Waals surface area contributed by atoms with Crippen LogP contribution in [-0.2, 0) is 14.3 Å². The summed E-state index contributed by atoms with van der Waals surface area (Å²) in [5.74, 6) is -1.13. The van der Waals surface area contributed by atoms with Crippen molar-refractivity contribution in [3.05, 3.63) is 24.3 Å². The lowest BCUT2D eigenvalue weighted by Crippen LogP contribution is -2.32. The minimum Gasteiger partial charge on any atom is -0.504 e. The molecule has 3 N–H and O–H groups in total. The average Bonchev–Trinajstić information content (AvgIpc) is 2.57. The summed E-state index contributed by atoms with van der Waals surface area (Å²) in [6.45, 7) is 5.69. The maximum absolute atomic E-state index is 11.5. The summed E-state index contributed by atoms with van der Waals surface area (Å²) < 4.78 is 16.3. The molecular formula is C15H22N2O6. The molecule has 8 heteroatoms. The van der Waals surface area contributed by atoms with Crippen LogP contribution in [-0.4, -0.2) is 37.8 Å².